The number of nitrogens with one attached hydrogen (secondary N) is 2. The first-order valence-electron chi connectivity index (χ1n) is 7.06. The number of hydrogen-bond donors (Lipinski definition) is 2. The standard InChI is InChI=1S/C13H26N6/c1-5-14-13(15-8-7-11(3)4)16-9-12-18-17-10-19(12)6-2/h10-11H,5-9H2,1-4H3,(H2,14,15,16). The van der Waals surface area contributed by atoms with Crippen molar-refractivity contribution in [1.29, 1.82) is 0 Å². The zero-order valence-corrected chi connectivity index (χ0v) is 12.5. The second-order valence-electron chi connectivity index (χ2n) is 4.84. The van der Waals surface area contributed by atoms with E-state index in [1.807, 2.05) is 4.57 Å². The Morgan fingerprint density at radius 3 is 2.79 bits per heavy atom. The van der Waals surface area contributed by atoms with Crippen LogP contribution in [0.15, 0.2) is 11.3 Å². The molecule has 0 spiro atoms. The highest BCUT2D eigenvalue weighted by Crippen LogP contribution is 1.98. The number of guanidine groups is 1. The molecule has 0 saturated heterocycles. The van der Waals surface area contributed by atoms with Crippen LogP contribution >= 0.6 is 0 Å². The predicted octanol–water partition coefficient (Wildman–Crippen LogP) is 1.40. The molecule has 108 valence electrons. The highest BCUT2D eigenvalue weighted by Gasteiger charge is 2.03. The maximum Gasteiger partial charge on any atom is 0.191 e. The van der Waals surface area contributed by atoms with E-state index < -0.39 is 0 Å². The van der Waals surface area contributed by atoms with Gasteiger partial charge in [0, 0.05) is 19.6 Å². The second kappa shape index (κ2) is 8.50. The summed E-state index contributed by atoms with van der Waals surface area (Å²) in [5.41, 5.74) is 0. The maximum absolute atomic E-state index is 4.53. The molecule has 0 radical (unpaired) electrons. The Balaban J connectivity index is 2.52. The Bertz CT molecular complexity index is 382. The molecule has 0 fully saturated rings. The van der Waals surface area contributed by atoms with E-state index in [-0.39, 0.29) is 0 Å². The van der Waals surface area contributed by atoms with E-state index in [0.717, 1.165) is 37.8 Å². The van der Waals surface area contributed by atoms with Gasteiger partial charge in [-0.15, -0.1) is 10.2 Å². The van der Waals surface area contributed by atoms with Crippen LogP contribution < -0.4 is 10.6 Å². The summed E-state index contributed by atoms with van der Waals surface area (Å²) in [6.45, 7) is 11.8. The zero-order chi connectivity index (χ0) is 14.1. The van der Waals surface area contributed by atoms with E-state index in [1.54, 1.807) is 6.33 Å². The van der Waals surface area contributed by atoms with Crippen LogP contribution in [0.25, 0.3) is 0 Å². The molecule has 0 amide bonds. The van der Waals surface area contributed by atoms with Gasteiger partial charge in [0.05, 0.1) is 0 Å². The fourth-order valence-electron chi connectivity index (χ4n) is 1.64. The van der Waals surface area contributed by atoms with Gasteiger partial charge in [0.2, 0.25) is 0 Å². The van der Waals surface area contributed by atoms with Crippen molar-refractivity contribution in [2.24, 2.45) is 10.9 Å². The topological polar surface area (TPSA) is 67.1 Å². The lowest BCUT2D eigenvalue weighted by atomic mass is 10.1. The first-order chi connectivity index (χ1) is 9.17. The minimum atomic E-state index is 0.546. The molecule has 0 aliphatic carbocycles. The van der Waals surface area contributed by atoms with Gasteiger partial charge < -0.3 is 15.2 Å². The zero-order valence-electron chi connectivity index (χ0n) is 12.5. The van der Waals surface area contributed by atoms with Crippen LogP contribution in [0.5, 0.6) is 0 Å². The third kappa shape index (κ3) is 5.72. The van der Waals surface area contributed by atoms with Gasteiger partial charge in [-0.1, -0.05) is 13.8 Å². The average Bonchev–Trinajstić information content (AvgIpc) is 2.82. The van der Waals surface area contributed by atoms with Crippen molar-refractivity contribution < 1.29 is 0 Å². The maximum atomic E-state index is 4.53. The van der Waals surface area contributed by atoms with E-state index in [9.17, 15) is 0 Å². The van der Waals surface area contributed by atoms with Crippen molar-refractivity contribution in [2.75, 3.05) is 13.1 Å². The van der Waals surface area contributed by atoms with E-state index in [2.05, 4.69) is 53.5 Å². The van der Waals surface area contributed by atoms with E-state index in [0.29, 0.717) is 12.5 Å². The normalized spacial score (nSPS) is 11.9. The lowest BCUT2D eigenvalue weighted by Crippen LogP contribution is -2.38. The highest BCUT2D eigenvalue weighted by atomic mass is 15.3. The minimum absolute atomic E-state index is 0.546. The summed E-state index contributed by atoms with van der Waals surface area (Å²) in [5, 5.41) is 14.6. The Morgan fingerprint density at radius 1 is 1.37 bits per heavy atom. The Kier molecular flexibility index (Phi) is 6.92. The van der Waals surface area contributed by atoms with Gasteiger partial charge >= 0.3 is 0 Å². The number of rotatable bonds is 7. The molecule has 6 nitrogen and oxygen atoms in total. The van der Waals surface area contributed by atoms with Crippen LogP contribution in [-0.2, 0) is 13.1 Å². The fraction of sp³-hybridized carbons (Fsp3) is 0.769. The van der Waals surface area contributed by atoms with Crippen LogP contribution in [0.3, 0.4) is 0 Å². The monoisotopic (exact) mass is 266 g/mol. The smallest absolute Gasteiger partial charge is 0.191 e. The number of hydrogen-bond acceptors (Lipinski definition) is 3. The van der Waals surface area contributed by atoms with Crippen molar-refractivity contribution >= 4 is 5.96 Å². The number of aryl methyl sites for hydroxylation is 1. The number of aliphatic imine (C=N–C) groups is 1. The van der Waals surface area contributed by atoms with Gasteiger partial charge in [-0.3, -0.25) is 0 Å². The average molecular weight is 266 g/mol. The Morgan fingerprint density at radius 2 is 2.16 bits per heavy atom. The van der Waals surface area contributed by atoms with Crippen molar-refractivity contribution in [1.82, 2.24) is 25.4 Å². The van der Waals surface area contributed by atoms with Gasteiger partial charge in [0.15, 0.2) is 11.8 Å². The molecule has 1 aromatic rings. The van der Waals surface area contributed by atoms with Gasteiger partial charge in [-0.25, -0.2) is 4.99 Å². The molecule has 0 unspecified atom stereocenters. The van der Waals surface area contributed by atoms with Crippen LogP contribution in [-0.4, -0.2) is 33.8 Å². The molecule has 0 aliphatic heterocycles. The van der Waals surface area contributed by atoms with Crippen LogP contribution in [0.4, 0.5) is 0 Å². The molecule has 0 atom stereocenters. The molecule has 0 bridgehead atoms. The van der Waals surface area contributed by atoms with Crippen molar-refractivity contribution in [3.63, 3.8) is 0 Å². The molecule has 0 aliphatic rings. The first-order valence-corrected chi connectivity index (χ1v) is 7.06. The molecule has 1 rings (SSSR count). The van der Waals surface area contributed by atoms with Crippen LogP contribution in [0, 0.1) is 5.92 Å². The third-order valence-electron chi connectivity index (χ3n) is 2.77. The van der Waals surface area contributed by atoms with Gasteiger partial charge in [-0.05, 0) is 26.2 Å². The molecule has 0 saturated carbocycles. The molecule has 1 aromatic heterocycles. The molecule has 2 N–H and O–H groups in total. The number of nitrogens with zero attached hydrogens (tertiary/aromatic N) is 4. The van der Waals surface area contributed by atoms with E-state index in [4.69, 9.17) is 0 Å². The second-order valence-corrected chi connectivity index (χ2v) is 4.84. The van der Waals surface area contributed by atoms with Crippen molar-refractivity contribution in [3.05, 3.63) is 12.2 Å². The summed E-state index contributed by atoms with van der Waals surface area (Å²) < 4.78 is 2.00. The largest absolute Gasteiger partial charge is 0.357 e. The van der Waals surface area contributed by atoms with Crippen LogP contribution in [0.2, 0.25) is 0 Å². The Labute approximate surface area is 115 Å². The summed E-state index contributed by atoms with van der Waals surface area (Å²) >= 11 is 0. The summed E-state index contributed by atoms with van der Waals surface area (Å²) in [5.74, 6) is 2.43. The summed E-state index contributed by atoms with van der Waals surface area (Å²) in [6.07, 6.45) is 2.87. The lowest BCUT2D eigenvalue weighted by Gasteiger charge is -2.12. The minimum Gasteiger partial charge on any atom is -0.357 e. The first kappa shape index (κ1) is 15.5. The Hall–Kier alpha value is -1.59. The predicted molar refractivity (Wildman–Crippen MR) is 78.0 cm³/mol. The summed E-state index contributed by atoms with van der Waals surface area (Å²) in [7, 11) is 0. The molecule has 1 heterocycles. The van der Waals surface area contributed by atoms with Crippen molar-refractivity contribution in [2.45, 2.75) is 47.2 Å². The van der Waals surface area contributed by atoms with Gasteiger partial charge in [-0.2, -0.15) is 0 Å². The number of aromatic nitrogens is 3. The fourth-order valence-corrected chi connectivity index (χ4v) is 1.64. The van der Waals surface area contributed by atoms with E-state index >= 15 is 0 Å². The molecular weight excluding hydrogens is 240 g/mol. The van der Waals surface area contributed by atoms with Gasteiger partial charge in [0.1, 0.15) is 12.9 Å². The highest BCUT2D eigenvalue weighted by molar-refractivity contribution is 5.79. The van der Waals surface area contributed by atoms with Gasteiger partial charge in [0.25, 0.3) is 0 Å². The van der Waals surface area contributed by atoms with E-state index in [1.165, 1.54) is 0 Å². The van der Waals surface area contributed by atoms with Crippen LogP contribution in [0.1, 0.15) is 39.9 Å². The third-order valence-corrected chi connectivity index (χ3v) is 2.77. The summed E-state index contributed by atoms with van der Waals surface area (Å²) in [4.78, 5) is 4.53. The molecule has 19 heavy (non-hydrogen) atoms. The molecular formula is C13H26N6. The quantitative estimate of drug-likeness (QED) is 0.578. The lowest BCUT2D eigenvalue weighted by molar-refractivity contribution is 0.573. The SMILES string of the molecule is CCNC(=NCc1nncn1CC)NCCC(C)C. The summed E-state index contributed by atoms with van der Waals surface area (Å²) in [6, 6.07) is 0. The van der Waals surface area contributed by atoms with Crippen molar-refractivity contribution in [3.8, 4) is 0 Å². The molecule has 0 aromatic carbocycles. The molecule has 6 heteroatoms.